The van der Waals surface area contributed by atoms with Crippen LogP contribution < -0.4 is 0 Å². The second kappa shape index (κ2) is 42.5. The van der Waals surface area contributed by atoms with Crippen molar-refractivity contribution in [2.75, 3.05) is 26.4 Å². The second-order valence-corrected chi connectivity index (χ2v) is 17.7. The summed E-state index contributed by atoms with van der Waals surface area (Å²) in [5.41, 5.74) is 0. The fourth-order valence-electron chi connectivity index (χ4n) is 8.20. The van der Waals surface area contributed by atoms with Crippen molar-refractivity contribution in [3.63, 3.8) is 0 Å². The van der Waals surface area contributed by atoms with E-state index >= 15 is 0 Å². The van der Waals surface area contributed by atoms with Gasteiger partial charge in [-0.15, -0.1) is 0 Å². The summed E-state index contributed by atoms with van der Waals surface area (Å²) in [6.45, 7) is 21.1. The highest BCUT2D eigenvalue weighted by molar-refractivity contribution is 4.88. The Morgan fingerprint density at radius 2 is 0.491 bits per heavy atom. The molecule has 0 amide bonds. The Kier molecular flexibility index (Phi) is 42.3. The number of unbranched alkanes of at least 4 members (excludes halogenated alkanes) is 24. The summed E-state index contributed by atoms with van der Waals surface area (Å²) < 4.78 is 35.8. The number of ether oxygens (including phenoxy) is 5. The average molecular weight is 811 g/mol. The predicted molar refractivity (Wildman–Crippen MR) is 250 cm³/mol. The summed E-state index contributed by atoms with van der Waals surface area (Å²) in [5.74, 6) is -1.50. The summed E-state index contributed by atoms with van der Waals surface area (Å²) in [7, 11) is 0. The van der Waals surface area contributed by atoms with Gasteiger partial charge in [0.2, 0.25) is 0 Å². The fraction of sp³-hybridized carbons (Fsp3) is 1.00. The lowest BCUT2D eigenvalue weighted by Crippen LogP contribution is -2.56. The lowest BCUT2D eigenvalue weighted by molar-refractivity contribution is -0.346. The lowest BCUT2D eigenvalue weighted by Gasteiger charge is -2.46. The summed E-state index contributed by atoms with van der Waals surface area (Å²) >= 11 is 0. The van der Waals surface area contributed by atoms with Crippen molar-refractivity contribution >= 4 is 0 Å². The second-order valence-electron chi connectivity index (χ2n) is 17.7. The van der Waals surface area contributed by atoms with Crippen molar-refractivity contribution < 1.29 is 23.7 Å². The third-order valence-electron chi connectivity index (χ3n) is 12.0. The van der Waals surface area contributed by atoms with E-state index < -0.39 is 11.6 Å². The fourth-order valence-corrected chi connectivity index (χ4v) is 8.20. The van der Waals surface area contributed by atoms with E-state index in [0.717, 1.165) is 103 Å². The molecule has 0 radical (unpaired) electrons. The highest BCUT2D eigenvalue weighted by Crippen LogP contribution is 2.38. The standard InChI is InChI=1S/C52H106O5/c1-9-17-23-25-27-29-31-33-35-37-39-43-51(53-45-19-11-3,54-46-20-12-4)49(41-15-7)57-50(42-16-8)52(55-47-21-13-5,56-48-22-14-6)44-40-38-36-34-32-30-28-26-24-18-10-2/h49-50H,9-48H2,1-8H3. The van der Waals surface area contributed by atoms with Crippen molar-refractivity contribution in [2.24, 2.45) is 0 Å². The molecule has 0 aromatic heterocycles. The Morgan fingerprint density at radius 1 is 0.263 bits per heavy atom. The lowest BCUT2D eigenvalue weighted by atomic mass is 9.93. The van der Waals surface area contributed by atoms with Gasteiger partial charge in [-0.05, 0) is 51.4 Å². The molecule has 5 heteroatoms. The summed E-state index contributed by atoms with van der Waals surface area (Å²) in [6, 6.07) is 0. The summed E-state index contributed by atoms with van der Waals surface area (Å²) in [4.78, 5) is 0. The van der Waals surface area contributed by atoms with Crippen molar-refractivity contribution in [1.82, 2.24) is 0 Å². The van der Waals surface area contributed by atoms with Crippen LogP contribution in [-0.4, -0.2) is 50.2 Å². The molecule has 57 heavy (non-hydrogen) atoms. The monoisotopic (exact) mass is 811 g/mol. The molecule has 0 rings (SSSR count). The maximum absolute atomic E-state index is 7.59. The van der Waals surface area contributed by atoms with Crippen LogP contribution in [0.25, 0.3) is 0 Å². The van der Waals surface area contributed by atoms with Crippen LogP contribution in [0, 0.1) is 0 Å². The van der Waals surface area contributed by atoms with Gasteiger partial charge >= 0.3 is 0 Å². The molecule has 0 aromatic carbocycles. The van der Waals surface area contributed by atoms with E-state index in [9.17, 15) is 0 Å². The van der Waals surface area contributed by atoms with Crippen LogP contribution in [0.5, 0.6) is 0 Å². The van der Waals surface area contributed by atoms with Gasteiger partial charge in [0, 0.05) is 12.8 Å². The number of hydrogen-bond donors (Lipinski definition) is 0. The topological polar surface area (TPSA) is 46.2 Å². The van der Waals surface area contributed by atoms with Crippen LogP contribution >= 0.6 is 0 Å². The minimum atomic E-state index is -0.749. The molecule has 2 unspecified atom stereocenters. The normalized spacial score (nSPS) is 13.5. The summed E-state index contributed by atoms with van der Waals surface area (Å²) in [6.07, 6.45) is 43.3. The Labute approximate surface area is 359 Å². The zero-order chi connectivity index (χ0) is 42.0. The first-order valence-electron chi connectivity index (χ1n) is 26.2. The van der Waals surface area contributed by atoms with Crippen LogP contribution in [-0.2, 0) is 23.7 Å². The van der Waals surface area contributed by atoms with Crippen LogP contribution in [0.2, 0.25) is 0 Å². The molecular formula is C52H106O5. The highest BCUT2D eigenvalue weighted by Gasteiger charge is 2.48. The molecular weight excluding hydrogens is 705 g/mol. The molecule has 0 aromatic rings. The third kappa shape index (κ3) is 29.7. The van der Waals surface area contributed by atoms with Crippen molar-refractivity contribution in [1.29, 1.82) is 0 Å². The molecule has 0 saturated carbocycles. The SMILES string of the molecule is CCCCCCCCCCCCCC(OCCCC)(OCCCC)C(CCC)OC(CCC)C(CCCCCCCCCCCCC)(OCCCC)OCCCC. The van der Waals surface area contributed by atoms with Crippen LogP contribution in [0.1, 0.15) is 287 Å². The van der Waals surface area contributed by atoms with E-state index in [1.807, 2.05) is 0 Å². The van der Waals surface area contributed by atoms with Gasteiger partial charge in [0.25, 0.3) is 0 Å². The predicted octanol–water partition coefficient (Wildman–Crippen LogP) is 17.4. The molecule has 0 saturated heterocycles. The largest absolute Gasteiger partial charge is 0.364 e. The minimum absolute atomic E-state index is 0.169. The van der Waals surface area contributed by atoms with E-state index in [0.29, 0.717) is 26.4 Å². The molecule has 0 aliphatic carbocycles. The van der Waals surface area contributed by atoms with Crippen molar-refractivity contribution in [3.8, 4) is 0 Å². The molecule has 0 N–H and O–H groups in total. The van der Waals surface area contributed by atoms with Gasteiger partial charge < -0.3 is 23.7 Å². The number of rotatable bonds is 48. The van der Waals surface area contributed by atoms with E-state index in [-0.39, 0.29) is 12.2 Å². The van der Waals surface area contributed by atoms with Gasteiger partial charge in [-0.2, -0.15) is 0 Å². The van der Waals surface area contributed by atoms with E-state index in [1.54, 1.807) is 0 Å². The average Bonchev–Trinajstić information content (AvgIpc) is 3.21. The molecule has 0 heterocycles. The van der Waals surface area contributed by atoms with Gasteiger partial charge in [-0.1, -0.05) is 222 Å². The molecule has 0 aliphatic rings. The maximum Gasteiger partial charge on any atom is 0.194 e. The molecule has 344 valence electrons. The zero-order valence-electron chi connectivity index (χ0n) is 40.5. The zero-order valence-corrected chi connectivity index (χ0v) is 40.5. The van der Waals surface area contributed by atoms with E-state index in [1.165, 1.54) is 128 Å². The summed E-state index contributed by atoms with van der Waals surface area (Å²) in [5, 5.41) is 0. The van der Waals surface area contributed by atoms with Gasteiger partial charge in [0.05, 0.1) is 26.4 Å². The Balaban J connectivity index is 6.25. The van der Waals surface area contributed by atoms with Gasteiger partial charge in [0.15, 0.2) is 11.6 Å². The Morgan fingerprint density at radius 3 is 0.719 bits per heavy atom. The molecule has 5 nitrogen and oxygen atoms in total. The first-order chi connectivity index (χ1) is 28.0. The molecule has 0 aliphatic heterocycles. The van der Waals surface area contributed by atoms with Crippen LogP contribution in [0.3, 0.4) is 0 Å². The first-order valence-corrected chi connectivity index (χ1v) is 26.2. The Hall–Kier alpha value is -0.200. The van der Waals surface area contributed by atoms with Crippen LogP contribution in [0.15, 0.2) is 0 Å². The van der Waals surface area contributed by atoms with E-state index in [4.69, 9.17) is 23.7 Å². The van der Waals surface area contributed by atoms with Gasteiger partial charge in [0.1, 0.15) is 12.2 Å². The molecule has 0 bridgehead atoms. The molecule has 0 fully saturated rings. The minimum Gasteiger partial charge on any atom is -0.364 e. The highest BCUT2D eigenvalue weighted by atomic mass is 16.7. The van der Waals surface area contributed by atoms with Gasteiger partial charge in [-0.3, -0.25) is 0 Å². The molecule has 2 atom stereocenters. The van der Waals surface area contributed by atoms with Crippen molar-refractivity contribution in [3.05, 3.63) is 0 Å². The van der Waals surface area contributed by atoms with Crippen LogP contribution in [0.4, 0.5) is 0 Å². The Bertz CT molecular complexity index is 692. The molecule has 0 spiro atoms. The quantitative estimate of drug-likeness (QED) is 0.0452. The third-order valence-corrected chi connectivity index (χ3v) is 12.0. The smallest absolute Gasteiger partial charge is 0.194 e. The number of hydrogen-bond acceptors (Lipinski definition) is 5. The van der Waals surface area contributed by atoms with Gasteiger partial charge in [-0.25, -0.2) is 0 Å². The van der Waals surface area contributed by atoms with Crippen molar-refractivity contribution in [2.45, 2.75) is 310 Å². The maximum atomic E-state index is 7.59. The first kappa shape index (κ1) is 56.8. The van der Waals surface area contributed by atoms with E-state index in [2.05, 4.69) is 55.4 Å².